The van der Waals surface area contributed by atoms with E-state index in [1.54, 1.807) is 11.3 Å². The summed E-state index contributed by atoms with van der Waals surface area (Å²) in [5.41, 5.74) is 2.35. The minimum absolute atomic E-state index is 0.689. The Balaban J connectivity index is 1.60. The van der Waals surface area contributed by atoms with Crippen LogP contribution in [-0.4, -0.2) is 45.5 Å². The topological polar surface area (TPSA) is 58.3 Å². The van der Waals surface area contributed by atoms with Crippen LogP contribution in [0.2, 0.25) is 0 Å². The van der Waals surface area contributed by atoms with Crippen molar-refractivity contribution < 1.29 is 0 Å². The van der Waals surface area contributed by atoms with Crippen molar-refractivity contribution in [1.29, 1.82) is 0 Å². The van der Waals surface area contributed by atoms with Gasteiger partial charge in [-0.25, -0.2) is 9.97 Å². The van der Waals surface area contributed by atoms with Crippen molar-refractivity contribution in [2.75, 3.05) is 20.1 Å². The molecule has 2 heterocycles. The molecule has 0 saturated carbocycles. The molecule has 28 heavy (non-hydrogen) atoms. The second-order valence-corrected chi connectivity index (χ2v) is 7.72. The first-order valence-electron chi connectivity index (χ1n) is 9.60. The van der Waals surface area contributed by atoms with Gasteiger partial charge in [0.2, 0.25) is 0 Å². The van der Waals surface area contributed by atoms with Crippen molar-refractivity contribution >= 4 is 17.3 Å². The fourth-order valence-electron chi connectivity index (χ4n) is 3.02. The molecular weight excluding hydrogens is 368 g/mol. The van der Waals surface area contributed by atoms with Crippen LogP contribution in [0.1, 0.15) is 29.0 Å². The molecule has 0 aliphatic carbocycles. The lowest BCUT2D eigenvalue weighted by Gasteiger charge is -2.21. The molecule has 0 radical (unpaired) electrons. The van der Waals surface area contributed by atoms with Gasteiger partial charge in [-0.1, -0.05) is 30.3 Å². The van der Waals surface area contributed by atoms with Crippen molar-refractivity contribution in [2.45, 2.75) is 33.4 Å². The van der Waals surface area contributed by atoms with Crippen molar-refractivity contribution in [3.63, 3.8) is 0 Å². The fourth-order valence-corrected chi connectivity index (χ4v) is 3.63. The molecule has 1 N–H and O–H groups in total. The van der Waals surface area contributed by atoms with Crippen LogP contribution in [0.15, 0.2) is 53.1 Å². The maximum Gasteiger partial charge on any atom is 0.194 e. The summed E-state index contributed by atoms with van der Waals surface area (Å²) in [4.78, 5) is 16.0. The maximum absolute atomic E-state index is 4.79. The zero-order valence-electron chi connectivity index (χ0n) is 16.8. The minimum Gasteiger partial charge on any atom is -0.357 e. The van der Waals surface area contributed by atoms with Crippen LogP contribution in [-0.2, 0) is 19.5 Å². The predicted octanol–water partition coefficient (Wildman–Crippen LogP) is 3.34. The third kappa shape index (κ3) is 5.66. The Hall–Kier alpha value is -2.67. The first kappa shape index (κ1) is 20.1. The monoisotopic (exact) mass is 396 g/mol. The van der Waals surface area contributed by atoms with Gasteiger partial charge in [-0.3, -0.25) is 4.99 Å². The maximum atomic E-state index is 4.79. The van der Waals surface area contributed by atoms with E-state index in [2.05, 4.69) is 61.3 Å². The Labute approximate surface area is 171 Å². The molecule has 0 aliphatic heterocycles. The van der Waals surface area contributed by atoms with Crippen LogP contribution in [0.3, 0.4) is 0 Å². The van der Waals surface area contributed by atoms with Crippen molar-refractivity contribution in [3.8, 4) is 0 Å². The Bertz CT molecular complexity index is 883. The van der Waals surface area contributed by atoms with Crippen LogP contribution in [0.4, 0.5) is 0 Å². The van der Waals surface area contributed by atoms with Gasteiger partial charge in [0, 0.05) is 50.9 Å². The van der Waals surface area contributed by atoms with E-state index in [1.165, 1.54) is 5.56 Å². The average Bonchev–Trinajstić information content (AvgIpc) is 3.30. The molecule has 6 nitrogen and oxygen atoms in total. The number of imidazole rings is 1. The van der Waals surface area contributed by atoms with Gasteiger partial charge < -0.3 is 14.8 Å². The molecule has 0 spiro atoms. The highest BCUT2D eigenvalue weighted by Gasteiger charge is 2.09. The number of nitrogens with zero attached hydrogens (tertiary/aromatic N) is 5. The van der Waals surface area contributed by atoms with Crippen LogP contribution < -0.4 is 5.32 Å². The summed E-state index contributed by atoms with van der Waals surface area (Å²) in [5.74, 6) is 1.95. The Kier molecular flexibility index (Phi) is 7.19. The molecule has 0 saturated heterocycles. The third-order valence-electron chi connectivity index (χ3n) is 4.36. The summed E-state index contributed by atoms with van der Waals surface area (Å²) in [6, 6.07) is 10.5. The van der Waals surface area contributed by atoms with Crippen LogP contribution in [0.25, 0.3) is 0 Å². The van der Waals surface area contributed by atoms with E-state index >= 15 is 0 Å². The van der Waals surface area contributed by atoms with Gasteiger partial charge in [-0.2, -0.15) is 0 Å². The van der Waals surface area contributed by atoms with Crippen LogP contribution in [0.5, 0.6) is 0 Å². The molecule has 0 unspecified atom stereocenters. The molecule has 0 amide bonds. The Morgan fingerprint density at radius 2 is 2.11 bits per heavy atom. The SMILES string of the molecule is CCNC(=NCCc1nccn1Cc1ccccc1)N(C)Cc1csc(C)n1. The number of guanidine groups is 1. The summed E-state index contributed by atoms with van der Waals surface area (Å²) in [5, 5.41) is 6.57. The zero-order valence-corrected chi connectivity index (χ0v) is 17.6. The van der Waals surface area contributed by atoms with E-state index in [0.717, 1.165) is 48.5 Å². The van der Waals surface area contributed by atoms with Crippen LogP contribution in [0, 0.1) is 6.92 Å². The molecule has 3 aromatic rings. The lowest BCUT2D eigenvalue weighted by molar-refractivity contribution is 0.470. The second kappa shape index (κ2) is 10.0. The fraction of sp³-hybridized carbons (Fsp3) is 0.381. The molecule has 1 aromatic carbocycles. The molecule has 0 fully saturated rings. The van der Waals surface area contributed by atoms with Gasteiger partial charge in [0.25, 0.3) is 0 Å². The van der Waals surface area contributed by atoms with Crippen molar-refractivity contribution in [3.05, 3.63) is 70.2 Å². The van der Waals surface area contributed by atoms with Gasteiger partial charge in [0.15, 0.2) is 5.96 Å². The quantitative estimate of drug-likeness (QED) is 0.469. The summed E-state index contributed by atoms with van der Waals surface area (Å²) in [6.07, 6.45) is 4.70. The van der Waals surface area contributed by atoms with Gasteiger partial charge in [-0.15, -0.1) is 11.3 Å². The number of hydrogen-bond acceptors (Lipinski definition) is 4. The largest absolute Gasteiger partial charge is 0.357 e. The summed E-state index contributed by atoms with van der Waals surface area (Å²) in [6.45, 7) is 7.23. The van der Waals surface area contributed by atoms with Gasteiger partial charge in [0.1, 0.15) is 5.82 Å². The Morgan fingerprint density at radius 1 is 1.29 bits per heavy atom. The summed E-state index contributed by atoms with van der Waals surface area (Å²) in [7, 11) is 2.05. The normalized spacial score (nSPS) is 11.6. The van der Waals surface area contributed by atoms with E-state index < -0.39 is 0 Å². The van der Waals surface area contributed by atoms with Crippen molar-refractivity contribution in [2.24, 2.45) is 4.99 Å². The first-order chi connectivity index (χ1) is 13.7. The molecule has 0 aliphatic rings. The molecule has 2 aromatic heterocycles. The van der Waals surface area contributed by atoms with Crippen LogP contribution >= 0.6 is 11.3 Å². The van der Waals surface area contributed by atoms with Gasteiger partial charge in [0.05, 0.1) is 17.2 Å². The highest BCUT2D eigenvalue weighted by atomic mass is 32.1. The second-order valence-electron chi connectivity index (χ2n) is 6.66. The average molecular weight is 397 g/mol. The highest BCUT2D eigenvalue weighted by Crippen LogP contribution is 2.10. The molecule has 0 bridgehead atoms. The van der Waals surface area contributed by atoms with Gasteiger partial charge in [-0.05, 0) is 19.4 Å². The number of aliphatic imine (C=N–C) groups is 1. The third-order valence-corrected chi connectivity index (χ3v) is 5.18. The van der Waals surface area contributed by atoms with E-state index in [0.29, 0.717) is 6.54 Å². The van der Waals surface area contributed by atoms with E-state index in [1.807, 2.05) is 32.4 Å². The summed E-state index contributed by atoms with van der Waals surface area (Å²) >= 11 is 1.68. The standard InChI is InChI=1S/C21H28N6S/c1-4-22-21(26(3)15-19-16-28-17(2)25-19)24-11-10-20-23-12-13-27(20)14-18-8-6-5-7-9-18/h5-9,12-13,16H,4,10-11,14-15H2,1-3H3,(H,22,24). The number of aromatic nitrogens is 3. The number of aryl methyl sites for hydroxylation is 1. The number of nitrogens with one attached hydrogen (secondary N) is 1. The number of benzene rings is 1. The molecule has 7 heteroatoms. The summed E-state index contributed by atoms with van der Waals surface area (Å²) < 4.78 is 2.19. The molecular formula is C21H28N6S. The highest BCUT2D eigenvalue weighted by molar-refractivity contribution is 7.09. The number of hydrogen-bond donors (Lipinski definition) is 1. The Morgan fingerprint density at radius 3 is 2.82 bits per heavy atom. The molecule has 3 rings (SSSR count). The lowest BCUT2D eigenvalue weighted by atomic mass is 10.2. The zero-order chi connectivity index (χ0) is 19.8. The molecule has 148 valence electrons. The van der Waals surface area contributed by atoms with E-state index in [-0.39, 0.29) is 0 Å². The lowest BCUT2D eigenvalue weighted by Crippen LogP contribution is -2.38. The number of rotatable bonds is 8. The first-order valence-corrected chi connectivity index (χ1v) is 10.5. The molecule has 0 atom stereocenters. The predicted molar refractivity (Wildman–Crippen MR) is 116 cm³/mol. The van der Waals surface area contributed by atoms with Crippen molar-refractivity contribution in [1.82, 2.24) is 24.8 Å². The van der Waals surface area contributed by atoms with Gasteiger partial charge >= 0.3 is 0 Å². The minimum atomic E-state index is 0.689. The number of thiazole rings is 1. The van der Waals surface area contributed by atoms with E-state index in [9.17, 15) is 0 Å². The smallest absolute Gasteiger partial charge is 0.194 e. The van der Waals surface area contributed by atoms with E-state index in [4.69, 9.17) is 4.99 Å².